The van der Waals surface area contributed by atoms with E-state index in [0.29, 0.717) is 11.6 Å². The molecule has 1 unspecified atom stereocenters. The van der Waals surface area contributed by atoms with E-state index >= 15 is 0 Å². The second kappa shape index (κ2) is 5.43. The molecule has 2 fully saturated rings. The molecule has 19 heavy (non-hydrogen) atoms. The van der Waals surface area contributed by atoms with Gasteiger partial charge in [0, 0.05) is 36.2 Å². The van der Waals surface area contributed by atoms with E-state index in [9.17, 15) is 0 Å². The molecule has 3 heteroatoms. The summed E-state index contributed by atoms with van der Waals surface area (Å²) in [4.78, 5) is 2.63. The maximum atomic E-state index is 5.96. The molecule has 104 valence electrons. The summed E-state index contributed by atoms with van der Waals surface area (Å²) in [5, 5.41) is 4.63. The van der Waals surface area contributed by atoms with Crippen LogP contribution < -0.4 is 5.32 Å². The molecule has 0 amide bonds. The zero-order valence-corrected chi connectivity index (χ0v) is 12.4. The summed E-state index contributed by atoms with van der Waals surface area (Å²) in [6.07, 6.45) is 5.46. The van der Waals surface area contributed by atoms with Crippen LogP contribution in [0, 0.1) is 0 Å². The van der Waals surface area contributed by atoms with Gasteiger partial charge < -0.3 is 5.32 Å². The van der Waals surface area contributed by atoms with Crippen molar-refractivity contribution in [3.05, 3.63) is 34.9 Å². The average Bonchev–Trinajstić information content (AvgIpc) is 2.85. The van der Waals surface area contributed by atoms with E-state index in [4.69, 9.17) is 11.6 Å². The fourth-order valence-electron chi connectivity index (χ4n) is 3.52. The smallest absolute Gasteiger partial charge is 0.0406 e. The van der Waals surface area contributed by atoms with E-state index in [1.807, 2.05) is 12.1 Å². The summed E-state index contributed by atoms with van der Waals surface area (Å²) in [5.41, 5.74) is 1.77. The van der Waals surface area contributed by atoms with E-state index in [-0.39, 0.29) is 0 Å². The van der Waals surface area contributed by atoms with Crippen molar-refractivity contribution in [3.8, 4) is 0 Å². The van der Waals surface area contributed by atoms with Crippen LogP contribution in [-0.4, -0.2) is 29.6 Å². The Morgan fingerprint density at radius 1 is 1.26 bits per heavy atom. The topological polar surface area (TPSA) is 15.3 Å². The standard InChI is InChI=1S/C16H23ClN2/c1-13-10-18-16(8-2-3-9-16)12-19(13)11-14-4-6-15(17)7-5-14/h4-7,13,18H,2-3,8-12H2,1H3. The summed E-state index contributed by atoms with van der Waals surface area (Å²) in [6, 6.07) is 8.91. The van der Waals surface area contributed by atoms with Crippen LogP contribution in [0.4, 0.5) is 0 Å². The van der Waals surface area contributed by atoms with Crippen molar-refractivity contribution < 1.29 is 0 Å². The molecule has 0 aromatic heterocycles. The van der Waals surface area contributed by atoms with Crippen molar-refractivity contribution in [2.45, 2.75) is 50.7 Å². The summed E-state index contributed by atoms with van der Waals surface area (Å²) < 4.78 is 0. The predicted octanol–water partition coefficient (Wildman–Crippen LogP) is 3.45. The second-order valence-corrected chi connectivity index (χ2v) is 6.69. The van der Waals surface area contributed by atoms with Gasteiger partial charge in [-0.15, -0.1) is 0 Å². The van der Waals surface area contributed by atoms with Crippen LogP contribution in [0.25, 0.3) is 0 Å². The SMILES string of the molecule is CC1CNC2(CCCC2)CN1Cc1ccc(Cl)cc1. The molecule has 1 aromatic carbocycles. The third kappa shape index (κ3) is 2.96. The number of nitrogens with zero attached hydrogens (tertiary/aromatic N) is 1. The zero-order chi connectivity index (χ0) is 13.3. The zero-order valence-electron chi connectivity index (χ0n) is 11.7. The van der Waals surface area contributed by atoms with Gasteiger partial charge in [-0.1, -0.05) is 36.6 Å². The molecule has 1 saturated heterocycles. The van der Waals surface area contributed by atoms with Gasteiger partial charge in [0.05, 0.1) is 0 Å². The van der Waals surface area contributed by atoms with Crippen LogP contribution in [0.3, 0.4) is 0 Å². The van der Waals surface area contributed by atoms with Crippen molar-refractivity contribution in [2.24, 2.45) is 0 Å². The normalized spacial score (nSPS) is 26.9. The highest BCUT2D eigenvalue weighted by molar-refractivity contribution is 6.30. The van der Waals surface area contributed by atoms with Crippen molar-refractivity contribution in [3.63, 3.8) is 0 Å². The molecule has 3 rings (SSSR count). The largest absolute Gasteiger partial charge is 0.308 e. The minimum Gasteiger partial charge on any atom is -0.308 e. The highest BCUT2D eigenvalue weighted by atomic mass is 35.5. The van der Waals surface area contributed by atoms with Gasteiger partial charge in [0.15, 0.2) is 0 Å². The monoisotopic (exact) mass is 278 g/mol. The van der Waals surface area contributed by atoms with E-state index < -0.39 is 0 Å². The molecule has 2 aliphatic rings. The number of halogens is 1. The Balaban J connectivity index is 1.69. The van der Waals surface area contributed by atoms with Gasteiger partial charge in [-0.05, 0) is 37.5 Å². The quantitative estimate of drug-likeness (QED) is 0.891. The number of hydrogen-bond donors (Lipinski definition) is 1. The Morgan fingerprint density at radius 2 is 1.95 bits per heavy atom. The first-order chi connectivity index (χ1) is 9.17. The minimum atomic E-state index is 0.402. The van der Waals surface area contributed by atoms with Crippen molar-refractivity contribution in [1.29, 1.82) is 0 Å². The van der Waals surface area contributed by atoms with Gasteiger partial charge in [-0.25, -0.2) is 0 Å². The number of piperazine rings is 1. The molecule has 1 aliphatic carbocycles. The Bertz CT molecular complexity index is 423. The third-order valence-corrected chi connectivity index (χ3v) is 5.01. The van der Waals surface area contributed by atoms with Crippen LogP contribution in [0.5, 0.6) is 0 Å². The first kappa shape index (κ1) is 13.4. The molecule has 1 aliphatic heterocycles. The maximum Gasteiger partial charge on any atom is 0.0406 e. The molecule has 0 bridgehead atoms. The lowest BCUT2D eigenvalue weighted by atomic mass is 9.92. The van der Waals surface area contributed by atoms with Crippen LogP contribution in [-0.2, 0) is 6.54 Å². The van der Waals surface area contributed by atoms with Crippen molar-refractivity contribution in [2.75, 3.05) is 13.1 Å². The van der Waals surface area contributed by atoms with Gasteiger partial charge in [0.2, 0.25) is 0 Å². The van der Waals surface area contributed by atoms with Gasteiger partial charge in [-0.3, -0.25) is 4.90 Å². The molecule has 1 aromatic rings. The summed E-state index contributed by atoms with van der Waals surface area (Å²) in [6.45, 7) is 5.68. The Labute approximate surface area is 121 Å². The van der Waals surface area contributed by atoms with E-state index in [2.05, 4.69) is 29.3 Å². The van der Waals surface area contributed by atoms with Crippen LogP contribution in [0.2, 0.25) is 5.02 Å². The molecule has 1 atom stereocenters. The van der Waals surface area contributed by atoms with Crippen LogP contribution in [0.1, 0.15) is 38.2 Å². The fraction of sp³-hybridized carbons (Fsp3) is 0.625. The second-order valence-electron chi connectivity index (χ2n) is 6.25. The Kier molecular flexibility index (Phi) is 3.84. The van der Waals surface area contributed by atoms with Gasteiger partial charge in [0.25, 0.3) is 0 Å². The lowest BCUT2D eigenvalue weighted by molar-refractivity contribution is 0.0827. The minimum absolute atomic E-state index is 0.402. The van der Waals surface area contributed by atoms with Crippen LogP contribution in [0.15, 0.2) is 24.3 Å². The molecular formula is C16H23ClN2. The fourth-order valence-corrected chi connectivity index (χ4v) is 3.64. The maximum absolute atomic E-state index is 5.96. The number of rotatable bonds is 2. The summed E-state index contributed by atoms with van der Waals surface area (Å²) in [7, 11) is 0. The van der Waals surface area contributed by atoms with E-state index in [1.165, 1.54) is 37.8 Å². The predicted molar refractivity (Wildman–Crippen MR) is 80.5 cm³/mol. The summed E-state index contributed by atoms with van der Waals surface area (Å²) in [5.74, 6) is 0. The first-order valence-electron chi connectivity index (χ1n) is 7.40. The molecule has 1 saturated carbocycles. The number of benzene rings is 1. The van der Waals surface area contributed by atoms with Crippen molar-refractivity contribution >= 4 is 11.6 Å². The molecular weight excluding hydrogens is 256 g/mol. The average molecular weight is 279 g/mol. The lowest BCUT2D eigenvalue weighted by Crippen LogP contribution is -2.61. The highest BCUT2D eigenvalue weighted by Crippen LogP contribution is 2.33. The van der Waals surface area contributed by atoms with Gasteiger partial charge >= 0.3 is 0 Å². The molecule has 1 N–H and O–H groups in total. The first-order valence-corrected chi connectivity index (χ1v) is 7.78. The Morgan fingerprint density at radius 3 is 2.63 bits per heavy atom. The van der Waals surface area contributed by atoms with Crippen LogP contribution >= 0.6 is 11.6 Å². The van der Waals surface area contributed by atoms with Gasteiger partial charge in [0.1, 0.15) is 0 Å². The highest BCUT2D eigenvalue weighted by Gasteiger charge is 2.39. The number of nitrogens with one attached hydrogen (secondary N) is 1. The molecule has 0 radical (unpaired) electrons. The lowest BCUT2D eigenvalue weighted by Gasteiger charge is -2.45. The molecule has 1 spiro atoms. The summed E-state index contributed by atoms with van der Waals surface area (Å²) >= 11 is 5.96. The third-order valence-electron chi connectivity index (χ3n) is 4.76. The Hall–Kier alpha value is -0.570. The molecule has 1 heterocycles. The van der Waals surface area contributed by atoms with E-state index in [0.717, 1.165) is 18.1 Å². The van der Waals surface area contributed by atoms with Gasteiger partial charge in [-0.2, -0.15) is 0 Å². The van der Waals surface area contributed by atoms with E-state index in [1.54, 1.807) is 0 Å². The molecule has 2 nitrogen and oxygen atoms in total. The van der Waals surface area contributed by atoms with Crippen molar-refractivity contribution in [1.82, 2.24) is 10.2 Å². The number of hydrogen-bond acceptors (Lipinski definition) is 2.